The third kappa shape index (κ3) is 1.44. The highest BCUT2D eigenvalue weighted by Gasteiger charge is 2.13. The normalized spacial score (nSPS) is 10.5. The number of hydrogen-bond acceptors (Lipinski definition) is 4. The molecule has 72 valence electrons. The number of rotatable bonds is 1. The van der Waals surface area contributed by atoms with Crippen LogP contribution in [0.15, 0.2) is 12.5 Å². The lowest BCUT2D eigenvalue weighted by Crippen LogP contribution is -2.00. The number of halogens is 2. The Balaban J connectivity index is 2.62. The zero-order valence-corrected chi connectivity index (χ0v) is 7.90. The molecule has 7 heteroatoms. The third-order valence-corrected chi connectivity index (χ3v) is 1.82. The van der Waals surface area contributed by atoms with Gasteiger partial charge in [-0.3, -0.25) is 0 Å². The number of nitrogens with zero attached hydrogens (tertiary/aromatic N) is 5. The largest absolute Gasteiger partial charge is 0.248 e. The summed E-state index contributed by atoms with van der Waals surface area (Å²) in [4.78, 5) is 11.1. The van der Waals surface area contributed by atoms with Gasteiger partial charge in [0, 0.05) is 7.05 Å². The average Bonchev–Trinajstić information content (AvgIpc) is 2.56. The van der Waals surface area contributed by atoms with Crippen LogP contribution >= 0.6 is 11.6 Å². The van der Waals surface area contributed by atoms with Crippen LogP contribution in [-0.4, -0.2) is 24.7 Å². The van der Waals surface area contributed by atoms with Crippen molar-refractivity contribution in [2.24, 2.45) is 7.05 Å². The minimum Gasteiger partial charge on any atom is -0.248 e. The first kappa shape index (κ1) is 9.01. The van der Waals surface area contributed by atoms with Crippen molar-refractivity contribution in [2.75, 3.05) is 0 Å². The van der Waals surface area contributed by atoms with Crippen LogP contribution < -0.4 is 0 Å². The Bertz CT molecular complexity index is 469. The molecule has 0 saturated carbocycles. The fourth-order valence-corrected chi connectivity index (χ4v) is 1.15. The summed E-state index contributed by atoms with van der Waals surface area (Å²) in [7, 11) is 1.64. The van der Waals surface area contributed by atoms with E-state index in [-0.39, 0.29) is 11.0 Å². The van der Waals surface area contributed by atoms with Crippen LogP contribution in [-0.2, 0) is 7.05 Å². The van der Waals surface area contributed by atoms with E-state index in [2.05, 4.69) is 20.1 Å². The Labute approximate surface area is 83.6 Å². The van der Waals surface area contributed by atoms with E-state index in [1.165, 1.54) is 11.0 Å². The van der Waals surface area contributed by atoms with Crippen molar-refractivity contribution in [3.63, 3.8) is 0 Å². The Kier molecular flexibility index (Phi) is 2.12. The molecule has 0 radical (unpaired) electrons. The second kappa shape index (κ2) is 3.30. The maximum absolute atomic E-state index is 13.2. The monoisotopic (exact) mass is 213 g/mol. The molecule has 2 rings (SSSR count). The van der Waals surface area contributed by atoms with Crippen molar-refractivity contribution >= 4 is 11.6 Å². The van der Waals surface area contributed by atoms with E-state index in [9.17, 15) is 4.39 Å². The van der Waals surface area contributed by atoms with E-state index < -0.39 is 5.82 Å². The molecule has 14 heavy (non-hydrogen) atoms. The lowest BCUT2D eigenvalue weighted by atomic mass is 10.4. The fraction of sp³-hybridized carbons (Fsp3) is 0.143. The zero-order chi connectivity index (χ0) is 10.1. The molecule has 0 bridgehead atoms. The molecule has 0 unspecified atom stereocenters. The maximum atomic E-state index is 13.2. The van der Waals surface area contributed by atoms with Gasteiger partial charge in [-0.05, 0) is 11.6 Å². The minimum absolute atomic E-state index is 0.0237. The summed E-state index contributed by atoms with van der Waals surface area (Å²) in [5.41, 5.74) is 0.0463. The summed E-state index contributed by atoms with van der Waals surface area (Å²) in [5, 5.41) is 3.78. The molecule has 2 aromatic heterocycles. The van der Waals surface area contributed by atoms with E-state index in [4.69, 9.17) is 11.6 Å². The molecule has 0 aliphatic rings. The van der Waals surface area contributed by atoms with Gasteiger partial charge >= 0.3 is 0 Å². The lowest BCUT2D eigenvalue weighted by Gasteiger charge is -2.00. The quantitative estimate of drug-likeness (QED) is 0.665. The second-order valence-electron chi connectivity index (χ2n) is 2.54. The summed E-state index contributed by atoms with van der Waals surface area (Å²) < 4.78 is 14.7. The summed E-state index contributed by atoms with van der Waals surface area (Å²) >= 11 is 5.54. The van der Waals surface area contributed by atoms with Crippen molar-refractivity contribution in [1.29, 1.82) is 0 Å². The highest BCUT2D eigenvalue weighted by Crippen LogP contribution is 2.17. The average molecular weight is 214 g/mol. The molecular weight excluding hydrogens is 209 g/mol. The first-order chi connectivity index (χ1) is 6.68. The van der Waals surface area contributed by atoms with Gasteiger partial charge in [0.15, 0.2) is 11.6 Å². The van der Waals surface area contributed by atoms with Gasteiger partial charge in [-0.25, -0.2) is 24.0 Å². The summed E-state index contributed by atoms with van der Waals surface area (Å²) in [6.45, 7) is 0. The molecule has 0 spiro atoms. The minimum atomic E-state index is -0.578. The second-order valence-corrected chi connectivity index (χ2v) is 2.88. The number of hydrogen-bond donors (Lipinski definition) is 0. The van der Waals surface area contributed by atoms with Gasteiger partial charge in [-0.1, -0.05) is 0 Å². The highest BCUT2D eigenvalue weighted by molar-refractivity contribution is 6.28. The number of aromatic nitrogens is 5. The topological polar surface area (TPSA) is 56.5 Å². The van der Waals surface area contributed by atoms with Crippen LogP contribution in [0.5, 0.6) is 0 Å². The molecule has 2 heterocycles. The standard InChI is InChI=1S/C7H5ClFN5/c1-14-6(11-3-12-14)5-4(9)2-10-7(8)13-5/h2-3H,1H3. The predicted octanol–water partition coefficient (Wildman–Crippen LogP) is 1.06. The van der Waals surface area contributed by atoms with Crippen LogP contribution in [0.2, 0.25) is 5.28 Å². The van der Waals surface area contributed by atoms with E-state index in [1.54, 1.807) is 7.05 Å². The van der Waals surface area contributed by atoms with Crippen molar-refractivity contribution in [3.8, 4) is 11.5 Å². The molecular formula is C7H5ClFN5. The summed E-state index contributed by atoms with van der Waals surface area (Å²) in [6, 6.07) is 0. The first-order valence-electron chi connectivity index (χ1n) is 3.71. The third-order valence-electron chi connectivity index (χ3n) is 1.64. The van der Waals surface area contributed by atoms with Gasteiger partial charge in [0.1, 0.15) is 12.0 Å². The first-order valence-corrected chi connectivity index (χ1v) is 4.08. The van der Waals surface area contributed by atoms with Crippen LogP contribution in [0.25, 0.3) is 11.5 Å². The van der Waals surface area contributed by atoms with Gasteiger partial charge in [0.2, 0.25) is 5.28 Å². The fourth-order valence-electron chi connectivity index (χ4n) is 1.01. The molecule has 0 aromatic carbocycles. The van der Waals surface area contributed by atoms with E-state index in [0.717, 1.165) is 6.20 Å². The van der Waals surface area contributed by atoms with Crippen LogP contribution in [0.4, 0.5) is 4.39 Å². The molecule has 0 saturated heterocycles. The molecule has 0 amide bonds. The van der Waals surface area contributed by atoms with Gasteiger partial charge in [-0.2, -0.15) is 5.10 Å². The Hall–Kier alpha value is -1.56. The van der Waals surface area contributed by atoms with E-state index in [0.29, 0.717) is 5.82 Å². The Morgan fingerprint density at radius 3 is 2.86 bits per heavy atom. The maximum Gasteiger partial charge on any atom is 0.223 e. The smallest absolute Gasteiger partial charge is 0.223 e. The SMILES string of the molecule is Cn1ncnc1-c1nc(Cl)ncc1F. The van der Waals surface area contributed by atoms with Crippen molar-refractivity contribution < 1.29 is 4.39 Å². The molecule has 0 N–H and O–H groups in total. The summed E-state index contributed by atoms with van der Waals surface area (Å²) in [5.74, 6) is -0.266. The molecule has 5 nitrogen and oxygen atoms in total. The molecule has 0 aliphatic heterocycles. The molecule has 2 aromatic rings. The number of aryl methyl sites for hydroxylation is 1. The van der Waals surface area contributed by atoms with Crippen LogP contribution in [0.3, 0.4) is 0 Å². The van der Waals surface area contributed by atoms with Gasteiger partial charge in [0.05, 0.1) is 6.20 Å². The van der Waals surface area contributed by atoms with E-state index >= 15 is 0 Å². The van der Waals surface area contributed by atoms with Gasteiger partial charge < -0.3 is 0 Å². The summed E-state index contributed by atoms with van der Waals surface area (Å²) in [6.07, 6.45) is 2.31. The lowest BCUT2D eigenvalue weighted by molar-refractivity contribution is 0.613. The van der Waals surface area contributed by atoms with Crippen molar-refractivity contribution in [2.45, 2.75) is 0 Å². The van der Waals surface area contributed by atoms with Crippen molar-refractivity contribution in [3.05, 3.63) is 23.6 Å². The van der Waals surface area contributed by atoms with Crippen molar-refractivity contribution in [1.82, 2.24) is 24.7 Å². The zero-order valence-electron chi connectivity index (χ0n) is 7.15. The molecule has 0 aliphatic carbocycles. The highest BCUT2D eigenvalue weighted by atomic mass is 35.5. The Morgan fingerprint density at radius 1 is 1.43 bits per heavy atom. The van der Waals surface area contributed by atoms with Gasteiger partial charge in [-0.15, -0.1) is 0 Å². The van der Waals surface area contributed by atoms with Crippen LogP contribution in [0, 0.1) is 5.82 Å². The Morgan fingerprint density at radius 2 is 2.21 bits per heavy atom. The van der Waals surface area contributed by atoms with E-state index in [1.807, 2.05) is 0 Å². The molecule has 0 fully saturated rings. The predicted molar refractivity (Wildman–Crippen MR) is 47.0 cm³/mol. The van der Waals surface area contributed by atoms with Gasteiger partial charge in [0.25, 0.3) is 0 Å². The van der Waals surface area contributed by atoms with Crippen LogP contribution in [0.1, 0.15) is 0 Å². The molecule has 0 atom stereocenters.